The zero-order valence-corrected chi connectivity index (χ0v) is 13.8. The van der Waals surface area contributed by atoms with Crippen molar-refractivity contribution in [1.82, 2.24) is 14.9 Å². The summed E-state index contributed by atoms with van der Waals surface area (Å²) < 4.78 is 2.58. The van der Waals surface area contributed by atoms with Crippen molar-refractivity contribution in [2.45, 2.75) is 12.8 Å². The van der Waals surface area contributed by atoms with Gasteiger partial charge in [0.15, 0.2) is 0 Å². The number of carbonyl (C=O) groups is 1. The highest BCUT2D eigenvalue weighted by molar-refractivity contribution is 7.18. The first-order chi connectivity index (χ1) is 11.0. The Kier molecular flexibility index (Phi) is 4.25. The molecular formula is C17H17N3O2S. The molecule has 2 heterocycles. The van der Waals surface area contributed by atoms with Gasteiger partial charge < -0.3 is 9.88 Å². The molecule has 3 aromatic rings. The van der Waals surface area contributed by atoms with Crippen LogP contribution in [0.2, 0.25) is 0 Å². The first-order valence-electron chi connectivity index (χ1n) is 7.35. The van der Waals surface area contributed by atoms with Crippen molar-refractivity contribution in [1.29, 1.82) is 0 Å². The minimum Gasteiger partial charge on any atom is -0.351 e. The maximum atomic E-state index is 12.1. The summed E-state index contributed by atoms with van der Waals surface area (Å²) in [5, 5.41) is 3.86. The maximum Gasteiger partial charge on any atom is 0.251 e. The topological polar surface area (TPSA) is 64.0 Å². The Morgan fingerprint density at radius 3 is 2.87 bits per heavy atom. The zero-order valence-electron chi connectivity index (χ0n) is 12.9. The van der Waals surface area contributed by atoms with Crippen LogP contribution in [0.1, 0.15) is 28.2 Å². The molecule has 2 aromatic heterocycles. The molecule has 118 valence electrons. The predicted molar refractivity (Wildman–Crippen MR) is 92.1 cm³/mol. The summed E-state index contributed by atoms with van der Waals surface area (Å²) in [5.41, 5.74) is 1.17. The van der Waals surface area contributed by atoms with E-state index in [1.165, 1.54) is 10.6 Å². The summed E-state index contributed by atoms with van der Waals surface area (Å²) in [4.78, 5) is 28.3. The van der Waals surface area contributed by atoms with Crippen LogP contribution in [0.25, 0.3) is 10.2 Å². The number of fused-ring (bicyclic) bond motifs is 1. The number of aryl methyl sites for hydroxylation is 1. The lowest BCUT2D eigenvalue weighted by Crippen LogP contribution is -2.29. The van der Waals surface area contributed by atoms with Crippen molar-refractivity contribution in [3.8, 4) is 0 Å². The Hall–Kier alpha value is -2.47. The van der Waals surface area contributed by atoms with Crippen LogP contribution < -0.4 is 10.9 Å². The van der Waals surface area contributed by atoms with E-state index in [-0.39, 0.29) is 17.4 Å². The highest BCUT2D eigenvalue weighted by atomic mass is 32.1. The van der Waals surface area contributed by atoms with E-state index in [2.05, 4.69) is 10.3 Å². The lowest BCUT2D eigenvalue weighted by molar-refractivity contribution is 0.0951. The van der Waals surface area contributed by atoms with Crippen LogP contribution in [0.15, 0.2) is 47.4 Å². The third kappa shape index (κ3) is 3.32. The second kappa shape index (κ2) is 6.34. The number of hydrogen-bond donors (Lipinski definition) is 1. The number of para-hydroxylation sites is 1. The maximum absolute atomic E-state index is 12.1. The van der Waals surface area contributed by atoms with Crippen LogP contribution in [-0.4, -0.2) is 22.0 Å². The standard InChI is InChI=1S/C17H17N3O2S/c1-11(17-19-13-5-3-4-6-14(13)23-17)10-18-16(22)12-7-8-20(2)15(21)9-12/h3-9,11H,10H2,1-2H3,(H,18,22). The third-order valence-corrected chi connectivity index (χ3v) is 4.94. The molecule has 1 aromatic carbocycles. The summed E-state index contributed by atoms with van der Waals surface area (Å²) in [7, 11) is 1.65. The summed E-state index contributed by atoms with van der Waals surface area (Å²) in [6.07, 6.45) is 1.59. The molecule has 0 fully saturated rings. The van der Waals surface area contributed by atoms with E-state index in [0.29, 0.717) is 12.1 Å². The number of rotatable bonds is 4. The summed E-state index contributed by atoms with van der Waals surface area (Å²) >= 11 is 1.64. The number of pyridine rings is 1. The fraction of sp³-hybridized carbons (Fsp3) is 0.235. The number of nitrogens with one attached hydrogen (secondary N) is 1. The molecular weight excluding hydrogens is 310 g/mol. The number of carbonyl (C=O) groups excluding carboxylic acids is 1. The van der Waals surface area contributed by atoms with Crippen LogP contribution in [0, 0.1) is 0 Å². The molecule has 23 heavy (non-hydrogen) atoms. The van der Waals surface area contributed by atoms with Gasteiger partial charge in [0.2, 0.25) is 0 Å². The molecule has 5 nitrogen and oxygen atoms in total. The van der Waals surface area contributed by atoms with E-state index in [0.717, 1.165) is 15.2 Å². The van der Waals surface area contributed by atoms with Gasteiger partial charge in [-0.15, -0.1) is 11.3 Å². The molecule has 0 aliphatic rings. The smallest absolute Gasteiger partial charge is 0.251 e. The fourth-order valence-corrected chi connectivity index (χ4v) is 3.24. The number of nitrogens with zero attached hydrogens (tertiary/aromatic N) is 2. The minimum absolute atomic E-state index is 0.114. The molecule has 0 bridgehead atoms. The van der Waals surface area contributed by atoms with Gasteiger partial charge in [-0.2, -0.15) is 0 Å². The summed E-state index contributed by atoms with van der Waals surface area (Å²) in [6.45, 7) is 2.51. The monoisotopic (exact) mass is 327 g/mol. The van der Waals surface area contributed by atoms with Gasteiger partial charge in [-0.1, -0.05) is 19.1 Å². The van der Waals surface area contributed by atoms with Gasteiger partial charge in [0.05, 0.1) is 15.2 Å². The molecule has 0 saturated carbocycles. The molecule has 1 amide bonds. The molecule has 1 atom stereocenters. The van der Waals surface area contributed by atoms with Crippen LogP contribution in [0.4, 0.5) is 0 Å². The van der Waals surface area contributed by atoms with E-state index in [9.17, 15) is 9.59 Å². The van der Waals surface area contributed by atoms with Crippen LogP contribution in [0.5, 0.6) is 0 Å². The van der Waals surface area contributed by atoms with Crippen molar-refractivity contribution >= 4 is 27.5 Å². The van der Waals surface area contributed by atoms with Crippen LogP contribution in [0.3, 0.4) is 0 Å². The van der Waals surface area contributed by atoms with Crippen LogP contribution >= 0.6 is 11.3 Å². The molecule has 0 radical (unpaired) electrons. The van der Waals surface area contributed by atoms with E-state index in [4.69, 9.17) is 0 Å². The fourth-order valence-electron chi connectivity index (χ4n) is 2.23. The zero-order chi connectivity index (χ0) is 16.4. The first-order valence-corrected chi connectivity index (χ1v) is 8.16. The second-order valence-electron chi connectivity index (χ2n) is 5.50. The van der Waals surface area contributed by atoms with Crippen molar-refractivity contribution in [3.63, 3.8) is 0 Å². The number of amides is 1. The van der Waals surface area contributed by atoms with E-state index >= 15 is 0 Å². The quantitative estimate of drug-likeness (QED) is 0.801. The van der Waals surface area contributed by atoms with Gasteiger partial charge in [0.25, 0.3) is 11.5 Å². The van der Waals surface area contributed by atoms with Gasteiger partial charge in [0.1, 0.15) is 0 Å². The Morgan fingerprint density at radius 1 is 1.35 bits per heavy atom. The SMILES string of the molecule is CC(CNC(=O)c1ccn(C)c(=O)c1)c1nc2ccccc2s1. The Bertz CT molecular complexity index is 880. The molecule has 0 aliphatic carbocycles. The summed E-state index contributed by atoms with van der Waals surface area (Å²) in [6, 6.07) is 11.0. The largest absolute Gasteiger partial charge is 0.351 e. The molecule has 0 saturated heterocycles. The molecule has 0 spiro atoms. The minimum atomic E-state index is -0.240. The number of aromatic nitrogens is 2. The Morgan fingerprint density at radius 2 is 2.13 bits per heavy atom. The van der Waals surface area contributed by atoms with E-state index in [1.54, 1.807) is 30.6 Å². The van der Waals surface area contributed by atoms with Crippen molar-refractivity contribution < 1.29 is 4.79 Å². The van der Waals surface area contributed by atoms with Gasteiger partial charge in [0, 0.05) is 37.3 Å². The average molecular weight is 327 g/mol. The number of hydrogen-bond acceptors (Lipinski definition) is 4. The van der Waals surface area contributed by atoms with E-state index in [1.807, 2.05) is 31.2 Å². The first kappa shape index (κ1) is 15.4. The normalized spacial score (nSPS) is 12.3. The lowest BCUT2D eigenvalue weighted by Gasteiger charge is -2.10. The van der Waals surface area contributed by atoms with Crippen molar-refractivity contribution in [2.24, 2.45) is 7.05 Å². The molecule has 1 N–H and O–H groups in total. The van der Waals surface area contributed by atoms with Gasteiger partial charge in [-0.3, -0.25) is 9.59 Å². The highest BCUT2D eigenvalue weighted by Crippen LogP contribution is 2.26. The lowest BCUT2D eigenvalue weighted by atomic mass is 10.2. The van der Waals surface area contributed by atoms with Crippen LogP contribution in [-0.2, 0) is 7.05 Å². The Labute approximate surface area is 137 Å². The molecule has 0 aliphatic heterocycles. The Balaban J connectivity index is 1.68. The average Bonchev–Trinajstić information content (AvgIpc) is 2.99. The third-order valence-electron chi connectivity index (χ3n) is 3.67. The van der Waals surface area contributed by atoms with Crippen molar-refractivity contribution in [3.05, 3.63) is 63.5 Å². The van der Waals surface area contributed by atoms with Gasteiger partial charge >= 0.3 is 0 Å². The molecule has 6 heteroatoms. The van der Waals surface area contributed by atoms with Crippen molar-refractivity contribution in [2.75, 3.05) is 6.54 Å². The van der Waals surface area contributed by atoms with Gasteiger partial charge in [-0.05, 0) is 18.2 Å². The molecule has 1 unspecified atom stereocenters. The number of benzene rings is 1. The van der Waals surface area contributed by atoms with E-state index < -0.39 is 0 Å². The highest BCUT2D eigenvalue weighted by Gasteiger charge is 2.14. The molecule has 3 rings (SSSR count). The second-order valence-corrected chi connectivity index (χ2v) is 6.56. The predicted octanol–water partition coefficient (Wildman–Crippen LogP) is 2.53. The summed E-state index contributed by atoms with van der Waals surface area (Å²) in [5.74, 6) is -0.126. The number of thiazole rings is 1. The van der Waals surface area contributed by atoms with Gasteiger partial charge in [-0.25, -0.2) is 4.98 Å².